The molecule has 4 rings (SSSR count). The first-order valence-electron chi connectivity index (χ1n) is 10.4. The van der Waals surface area contributed by atoms with E-state index < -0.39 is 0 Å². The smallest absolute Gasteiger partial charge is 0.237 e. The lowest BCUT2D eigenvalue weighted by molar-refractivity contribution is -0.115. The molecule has 162 valence electrons. The van der Waals surface area contributed by atoms with E-state index in [9.17, 15) is 4.79 Å². The van der Waals surface area contributed by atoms with Gasteiger partial charge in [0.1, 0.15) is 0 Å². The quantitative estimate of drug-likeness (QED) is 0.361. The maximum Gasteiger partial charge on any atom is 0.237 e. The van der Waals surface area contributed by atoms with Gasteiger partial charge in [-0.3, -0.25) is 9.36 Å². The Morgan fingerprint density at radius 1 is 0.938 bits per heavy atom. The topological polar surface area (TPSA) is 71.8 Å². The number of nitrogens with zero attached hydrogens (tertiary/aromatic N) is 3. The van der Waals surface area contributed by atoms with Gasteiger partial charge >= 0.3 is 0 Å². The number of carbonyl (C=O) groups is 1. The van der Waals surface area contributed by atoms with E-state index in [1.165, 1.54) is 17.3 Å². The lowest BCUT2D eigenvalue weighted by atomic mass is 10.2. The SMILES string of the molecule is Cc1cccc(NCc2nnc(S[C@H](C)C(=O)Nc3ccccc3)n2-c2ccccc2)c1. The van der Waals surface area contributed by atoms with Crippen LogP contribution in [0.25, 0.3) is 5.69 Å². The van der Waals surface area contributed by atoms with E-state index in [0.717, 1.165) is 22.9 Å². The molecule has 0 bridgehead atoms. The average molecular weight is 444 g/mol. The predicted octanol–water partition coefficient (Wildman–Crippen LogP) is 5.31. The summed E-state index contributed by atoms with van der Waals surface area (Å²) in [5, 5.41) is 15.5. The molecule has 1 amide bonds. The largest absolute Gasteiger partial charge is 0.378 e. The maximum absolute atomic E-state index is 12.7. The number of anilines is 2. The molecule has 7 heteroatoms. The highest BCUT2D eigenvalue weighted by molar-refractivity contribution is 8.00. The second-order valence-corrected chi connectivity index (χ2v) is 8.72. The molecule has 3 aromatic carbocycles. The van der Waals surface area contributed by atoms with Crippen LogP contribution < -0.4 is 10.6 Å². The zero-order valence-electron chi connectivity index (χ0n) is 18.0. The Balaban J connectivity index is 1.54. The van der Waals surface area contributed by atoms with Crippen LogP contribution in [0.5, 0.6) is 0 Å². The third-order valence-electron chi connectivity index (χ3n) is 4.88. The van der Waals surface area contributed by atoms with Gasteiger partial charge in [0.15, 0.2) is 11.0 Å². The summed E-state index contributed by atoms with van der Waals surface area (Å²) in [6.07, 6.45) is 0. The Hall–Kier alpha value is -3.58. The first-order chi connectivity index (χ1) is 15.6. The third-order valence-corrected chi connectivity index (χ3v) is 5.92. The van der Waals surface area contributed by atoms with Crippen LogP contribution in [-0.4, -0.2) is 25.9 Å². The van der Waals surface area contributed by atoms with E-state index >= 15 is 0 Å². The zero-order chi connectivity index (χ0) is 22.3. The van der Waals surface area contributed by atoms with E-state index in [1.54, 1.807) is 0 Å². The number of aromatic nitrogens is 3. The molecular formula is C25H25N5OS. The van der Waals surface area contributed by atoms with Crippen molar-refractivity contribution in [3.8, 4) is 5.69 Å². The van der Waals surface area contributed by atoms with Crippen LogP contribution >= 0.6 is 11.8 Å². The summed E-state index contributed by atoms with van der Waals surface area (Å²) in [6.45, 7) is 4.45. The maximum atomic E-state index is 12.7. The molecule has 1 atom stereocenters. The van der Waals surface area contributed by atoms with E-state index in [0.29, 0.717) is 11.7 Å². The lowest BCUT2D eigenvalue weighted by Crippen LogP contribution is -2.23. The molecule has 0 fully saturated rings. The van der Waals surface area contributed by atoms with Gasteiger partial charge in [0, 0.05) is 17.1 Å². The Morgan fingerprint density at radius 2 is 1.62 bits per heavy atom. The summed E-state index contributed by atoms with van der Waals surface area (Å²) in [4.78, 5) is 12.7. The molecule has 0 unspecified atom stereocenters. The molecule has 0 aliphatic carbocycles. The fourth-order valence-electron chi connectivity index (χ4n) is 3.24. The van der Waals surface area contributed by atoms with Crippen LogP contribution in [0, 0.1) is 6.92 Å². The standard InChI is InChI=1S/C25H25N5OS/c1-18-10-9-13-21(16-18)26-17-23-28-29-25(30(23)22-14-7-4-8-15-22)32-19(2)24(31)27-20-11-5-3-6-12-20/h3-16,19,26H,17H2,1-2H3,(H,27,31)/t19-/m1/s1. The fraction of sp³-hybridized carbons (Fsp3) is 0.160. The van der Waals surface area contributed by atoms with E-state index in [4.69, 9.17) is 0 Å². The van der Waals surface area contributed by atoms with Crippen molar-refractivity contribution in [2.75, 3.05) is 10.6 Å². The molecule has 1 aromatic heterocycles. The number of nitrogens with one attached hydrogen (secondary N) is 2. The van der Waals surface area contributed by atoms with Crippen LogP contribution in [0.3, 0.4) is 0 Å². The van der Waals surface area contributed by atoms with Crippen LogP contribution in [-0.2, 0) is 11.3 Å². The lowest BCUT2D eigenvalue weighted by Gasteiger charge is -2.14. The van der Waals surface area contributed by atoms with Crippen molar-refractivity contribution in [3.63, 3.8) is 0 Å². The molecule has 1 heterocycles. The summed E-state index contributed by atoms with van der Waals surface area (Å²) in [5.74, 6) is 0.694. The van der Waals surface area contributed by atoms with Gasteiger partial charge in [0.2, 0.25) is 5.91 Å². The fourth-order valence-corrected chi connectivity index (χ4v) is 4.13. The van der Waals surface area contributed by atoms with Gasteiger partial charge in [0.25, 0.3) is 0 Å². The molecule has 0 aliphatic heterocycles. The van der Waals surface area contributed by atoms with Crippen molar-refractivity contribution in [2.24, 2.45) is 0 Å². The highest BCUT2D eigenvalue weighted by Crippen LogP contribution is 2.27. The number of rotatable bonds is 8. The average Bonchev–Trinajstić information content (AvgIpc) is 3.21. The number of amides is 1. The second-order valence-electron chi connectivity index (χ2n) is 7.41. The molecule has 0 spiro atoms. The summed E-state index contributed by atoms with van der Waals surface area (Å²) in [7, 11) is 0. The summed E-state index contributed by atoms with van der Waals surface area (Å²) in [6, 6.07) is 27.6. The second kappa shape index (κ2) is 10.2. The van der Waals surface area contributed by atoms with Gasteiger partial charge in [-0.2, -0.15) is 0 Å². The number of hydrogen-bond acceptors (Lipinski definition) is 5. The summed E-state index contributed by atoms with van der Waals surface area (Å²) >= 11 is 1.39. The molecule has 32 heavy (non-hydrogen) atoms. The Kier molecular flexibility index (Phi) is 6.87. The summed E-state index contributed by atoms with van der Waals surface area (Å²) in [5.41, 5.74) is 3.95. The Labute approximate surface area is 192 Å². The van der Waals surface area contributed by atoms with E-state index in [-0.39, 0.29) is 11.2 Å². The molecule has 4 aromatic rings. The van der Waals surface area contributed by atoms with Crippen LogP contribution in [0.1, 0.15) is 18.3 Å². The minimum atomic E-state index is -0.348. The molecule has 2 N–H and O–H groups in total. The van der Waals surface area contributed by atoms with Crippen molar-refractivity contribution in [1.82, 2.24) is 14.8 Å². The molecule has 0 saturated carbocycles. The number of aryl methyl sites for hydroxylation is 1. The van der Waals surface area contributed by atoms with Gasteiger partial charge in [-0.25, -0.2) is 0 Å². The van der Waals surface area contributed by atoms with E-state index in [2.05, 4.69) is 39.9 Å². The number of para-hydroxylation sites is 2. The molecule has 0 aliphatic rings. The van der Waals surface area contributed by atoms with Gasteiger partial charge in [-0.1, -0.05) is 60.3 Å². The molecule has 0 radical (unpaired) electrons. The number of benzene rings is 3. The van der Waals surface area contributed by atoms with Crippen molar-refractivity contribution >= 4 is 29.0 Å². The first kappa shape index (κ1) is 21.6. The van der Waals surface area contributed by atoms with Crippen LogP contribution in [0.2, 0.25) is 0 Å². The highest BCUT2D eigenvalue weighted by Gasteiger charge is 2.21. The molecule has 0 saturated heterocycles. The van der Waals surface area contributed by atoms with Crippen molar-refractivity contribution in [1.29, 1.82) is 0 Å². The van der Waals surface area contributed by atoms with Gasteiger partial charge in [-0.15, -0.1) is 10.2 Å². The first-order valence-corrected chi connectivity index (χ1v) is 11.3. The normalized spacial score (nSPS) is 11.7. The van der Waals surface area contributed by atoms with E-state index in [1.807, 2.05) is 84.3 Å². The van der Waals surface area contributed by atoms with Crippen LogP contribution in [0.15, 0.2) is 90.1 Å². The van der Waals surface area contributed by atoms with Crippen LogP contribution in [0.4, 0.5) is 11.4 Å². The Morgan fingerprint density at radius 3 is 2.34 bits per heavy atom. The third kappa shape index (κ3) is 5.36. The minimum Gasteiger partial charge on any atom is -0.378 e. The number of thioether (sulfide) groups is 1. The molecule has 6 nitrogen and oxygen atoms in total. The minimum absolute atomic E-state index is 0.0803. The van der Waals surface area contributed by atoms with Gasteiger partial charge in [0.05, 0.1) is 11.8 Å². The molecular weight excluding hydrogens is 418 g/mol. The number of carbonyl (C=O) groups excluding carboxylic acids is 1. The highest BCUT2D eigenvalue weighted by atomic mass is 32.2. The summed E-state index contributed by atoms with van der Waals surface area (Å²) < 4.78 is 2.00. The monoisotopic (exact) mass is 443 g/mol. The zero-order valence-corrected chi connectivity index (χ0v) is 18.8. The number of hydrogen-bond donors (Lipinski definition) is 2. The Bertz CT molecular complexity index is 1180. The van der Waals surface area contributed by atoms with Gasteiger partial charge < -0.3 is 10.6 Å². The van der Waals surface area contributed by atoms with Gasteiger partial charge in [-0.05, 0) is 55.8 Å². The van der Waals surface area contributed by atoms with Crippen molar-refractivity contribution in [3.05, 3.63) is 96.3 Å². The van der Waals surface area contributed by atoms with Crippen molar-refractivity contribution in [2.45, 2.75) is 30.8 Å². The van der Waals surface area contributed by atoms with Crippen molar-refractivity contribution < 1.29 is 4.79 Å². The predicted molar refractivity (Wildman–Crippen MR) is 130 cm³/mol.